The fourth-order valence-corrected chi connectivity index (χ4v) is 1.96. The maximum absolute atomic E-state index is 12.1. The largest absolute Gasteiger partial charge is 0.396 e. The number of nitrogen functional groups attached to an aromatic ring is 1. The molecule has 1 aliphatic rings. The first kappa shape index (κ1) is 11.8. The second-order valence-corrected chi connectivity index (χ2v) is 4.14. The minimum absolute atomic E-state index is 0.113. The van der Waals surface area contributed by atoms with Crippen LogP contribution in [0.4, 0.5) is 5.82 Å². The second kappa shape index (κ2) is 5.11. The minimum Gasteiger partial charge on any atom is -0.396 e. The molecule has 1 saturated heterocycles. The van der Waals surface area contributed by atoms with E-state index in [1.807, 2.05) is 0 Å². The molecule has 0 spiro atoms. The molecule has 6 heteroatoms. The smallest absolute Gasteiger partial charge is 0.272 e. The van der Waals surface area contributed by atoms with E-state index in [0.717, 1.165) is 6.42 Å². The molecule has 17 heavy (non-hydrogen) atoms. The van der Waals surface area contributed by atoms with Gasteiger partial charge in [-0.05, 0) is 18.6 Å². The molecule has 1 aromatic heterocycles. The third-order valence-electron chi connectivity index (χ3n) is 2.95. The van der Waals surface area contributed by atoms with Gasteiger partial charge in [-0.1, -0.05) is 6.07 Å². The van der Waals surface area contributed by atoms with Crippen LogP contribution in [0.25, 0.3) is 0 Å². The van der Waals surface area contributed by atoms with Crippen molar-refractivity contribution in [3.63, 3.8) is 0 Å². The lowest BCUT2D eigenvalue weighted by molar-refractivity contribution is 0.0776. The van der Waals surface area contributed by atoms with Crippen molar-refractivity contribution in [1.82, 2.24) is 9.88 Å². The Kier molecular flexibility index (Phi) is 3.55. The highest BCUT2D eigenvalue weighted by Crippen LogP contribution is 2.17. The van der Waals surface area contributed by atoms with Crippen molar-refractivity contribution in [1.29, 1.82) is 0 Å². The van der Waals surface area contributed by atoms with Gasteiger partial charge in [0.2, 0.25) is 0 Å². The standard InChI is InChI=1S/C11H16N4O2/c12-14-10-3-1-2-9(13-10)11(17)15-5-4-8(6-15)7-16/h1-3,8,16H,4-7,12H2,(H,13,14). The van der Waals surface area contributed by atoms with Gasteiger partial charge in [0.05, 0.1) is 0 Å². The predicted molar refractivity (Wildman–Crippen MR) is 63.1 cm³/mol. The number of aliphatic hydroxyl groups is 1. The van der Waals surface area contributed by atoms with Crippen LogP contribution in [0, 0.1) is 5.92 Å². The SMILES string of the molecule is NNc1cccc(C(=O)N2CCC(CO)C2)n1. The molecule has 92 valence electrons. The lowest BCUT2D eigenvalue weighted by Gasteiger charge is -2.15. The normalized spacial score (nSPS) is 19.4. The highest BCUT2D eigenvalue weighted by molar-refractivity contribution is 5.92. The molecule has 0 bridgehead atoms. The van der Waals surface area contributed by atoms with E-state index in [2.05, 4.69) is 10.4 Å². The van der Waals surface area contributed by atoms with E-state index in [0.29, 0.717) is 24.6 Å². The molecule has 1 atom stereocenters. The zero-order chi connectivity index (χ0) is 12.3. The summed E-state index contributed by atoms with van der Waals surface area (Å²) in [6, 6.07) is 5.09. The van der Waals surface area contributed by atoms with Gasteiger partial charge in [0.25, 0.3) is 5.91 Å². The molecular weight excluding hydrogens is 220 g/mol. The highest BCUT2D eigenvalue weighted by atomic mass is 16.3. The number of aromatic nitrogens is 1. The first-order valence-electron chi connectivity index (χ1n) is 5.58. The van der Waals surface area contributed by atoms with Crippen molar-refractivity contribution < 1.29 is 9.90 Å². The van der Waals surface area contributed by atoms with Crippen LogP contribution in [-0.2, 0) is 0 Å². The summed E-state index contributed by atoms with van der Waals surface area (Å²) in [6.07, 6.45) is 0.844. The van der Waals surface area contributed by atoms with Gasteiger partial charge in [-0.3, -0.25) is 4.79 Å². The Morgan fingerprint density at radius 2 is 2.47 bits per heavy atom. The Labute approximate surface area is 99.4 Å². The van der Waals surface area contributed by atoms with Gasteiger partial charge in [0.15, 0.2) is 0 Å². The van der Waals surface area contributed by atoms with Crippen molar-refractivity contribution >= 4 is 11.7 Å². The number of carbonyl (C=O) groups excluding carboxylic acids is 1. The van der Waals surface area contributed by atoms with E-state index in [9.17, 15) is 4.79 Å². The number of hydrazine groups is 1. The molecule has 0 radical (unpaired) electrons. The average molecular weight is 236 g/mol. The van der Waals surface area contributed by atoms with Crippen molar-refractivity contribution in [2.24, 2.45) is 11.8 Å². The van der Waals surface area contributed by atoms with E-state index in [1.165, 1.54) is 0 Å². The summed E-state index contributed by atoms with van der Waals surface area (Å²) in [7, 11) is 0. The molecule has 0 aromatic carbocycles. The van der Waals surface area contributed by atoms with Crippen molar-refractivity contribution in [2.75, 3.05) is 25.1 Å². The summed E-state index contributed by atoms with van der Waals surface area (Å²) in [5.74, 6) is 5.79. The third kappa shape index (κ3) is 2.54. The van der Waals surface area contributed by atoms with E-state index in [1.54, 1.807) is 23.1 Å². The van der Waals surface area contributed by atoms with Gasteiger partial charge in [0, 0.05) is 25.6 Å². The Hall–Kier alpha value is -1.66. The monoisotopic (exact) mass is 236 g/mol. The number of hydrogen-bond acceptors (Lipinski definition) is 5. The van der Waals surface area contributed by atoms with Crippen LogP contribution in [-0.4, -0.2) is 40.6 Å². The number of nitrogens with zero attached hydrogens (tertiary/aromatic N) is 2. The van der Waals surface area contributed by atoms with Gasteiger partial charge in [-0.2, -0.15) is 0 Å². The van der Waals surface area contributed by atoms with E-state index >= 15 is 0 Å². The molecule has 1 fully saturated rings. The Morgan fingerprint density at radius 3 is 3.12 bits per heavy atom. The van der Waals surface area contributed by atoms with Crippen LogP contribution >= 0.6 is 0 Å². The predicted octanol–water partition coefficient (Wildman–Crippen LogP) is -0.178. The van der Waals surface area contributed by atoms with Crippen LogP contribution in [0.15, 0.2) is 18.2 Å². The Balaban J connectivity index is 2.09. The summed E-state index contributed by atoms with van der Waals surface area (Å²) in [6.45, 7) is 1.39. The van der Waals surface area contributed by atoms with Crippen LogP contribution in [0.1, 0.15) is 16.9 Å². The lowest BCUT2D eigenvalue weighted by Crippen LogP contribution is -2.30. The molecular formula is C11H16N4O2. The van der Waals surface area contributed by atoms with Crippen LogP contribution in [0.3, 0.4) is 0 Å². The van der Waals surface area contributed by atoms with Crippen LogP contribution in [0.5, 0.6) is 0 Å². The van der Waals surface area contributed by atoms with Gasteiger partial charge >= 0.3 is 0 Å². The molecule has 1 amide bonds. The number of nitrogens with two attached hydrogens (primary N) is 1. The number of rotatable bonds is 3. The summed E-state index contributed by atoms with van der Waals surface area (Å²) < 4.78 is 0. The zero-order valence-electron chi connectivity index (χ0n) is 9.47. The van der Waals surface area contributed by atoms with E-state index < -0.39 is 0 Å². The number of aliphatic hydroxyl groups excluding tert-OH is 1. The fourth-order valence-electron chi connectivity index (χ4n) is 1.96. The number of likely N-dealkylation sites (tertiary alicyclic amines) is 1. The molecule has 1 unspecified atom stereocenters. The minimum atomic E-state index is -0.113. The number of carbonyl (C=O) groups is 1. The number of nitrogens with one attached hydrogen (secondary N) is 1. The van der Waals surface area contributed by atoms with Gasteiger partial charge < -0.3 is 15.4 Å². The first-order valence-corrected chi connectivity index (χ1v) is 5.58. The summed E-state index contributed by atoms with van der Waals surface area (Å²) in [5.41, 5.74) is 2.79. The number of pyridine rings is 1. The quantitative estimate of drug-likeness (QED) is 0.500. The van der Waals surface area contributed by atoms with Crippen molar-refractivity contribution in [2.45, 2.75) is 6.42 Å². The van der Waals surface area contributed by atoms with E-state index in [-0.39, 0.29) is 18.4 Å². The topological polar surface area (TPSA) is 91.5 Å². The van der Waals surface area contributed by atoms with Gasteiger partial charge in [0.1, 0.15) is 11.5 Å². The fraction of sp³-hybridized carbons (Fsp3) is 0.455. The molecule has 2 rings (SSSR count). The molecule has 1 aromatic rings. The van der Waals surface area contributed by atoms with Gasteiger partial charge in [-0.15, -0.1) is 0 Å². The highest BCUT2D eigenvalue weighted by Gasteiger charge is 2.27. The third-order valence-corrected chi connectivity index (χ3v) is 2.95. The summed E-state index contributed by atoms with van der Waals surface area (Å²) in [4.78, 5) is 17.9. The molecule has 4 N–H and O–H groups in total. The second-order valence-electron chi connectivity index (χ2n) is 4.14. The van der Waals surface area contributed by atoms with E-state index in [4.69, 9.17) is 10.9 Å². The molecule has 2 heterocycles. The van der Waals surface area contributed by atoms with Crippen molar-refractivity contribution in [3.8, 4) is 0 Å². The maximum atomic E-state index is 12.1. The Morgan fingerprint density at radius 1 is 1.65 bits per heavy atom. The first-order chi connectivity index (χ1) is 8.24. The number of hydrogen-bond donors (Lipinski definition) is 3. The lowest BCUT2D eigenvalue weighted by atomic mass is 10.1. The molecule has 0 aliphatic carbocycles. The average Bonchev–Trinajstić information content (AvgIpc) is 2.86. The summed E-state index contributed by atoms with van der Waals surface area (Å²) >= 11 is 0. The zero-order valence-corrected chi connectivity index (χ0v) is 9.47. The number of anilines is 1. The van der Waals surface area contributed by atoms with Crippen LogP contribution in [0.2, 0.25) is 0 Å². The van der Waals surface area contributed by atoms with Gasteiger partial charge in [-0.25, -0.2) is 10.8 Å². The van der Waals surface area contributed by atoms with Crippen molar-refractivity contribution in [3.05, 3.63) is 23.9 Å². The summed E-state index contributed by atoms with van der Waals surface area (Å²) in [5, 5.41) is 9.04. The Bertz CT molecular complexity index is 410. The molecule has 1 aliphatic heterocycles. The maximum Gasteiger partial charge on any atom is 0.272 e. The number of amides is 1. The molecule has 6 nitrogen and oxygen atoms in total. The molecule has 0 saturated carbocycles. The van der Waals surface area contributed by atoms with Crippen LogP contribution < -0.4 is 11.3 Å².